The number of anilines is 3. The second kappa shape index (κ2) is 10.4. The summed E-state index contributed by atoms with van der Waals surface area (Å²) in [4.78, 5) is 13.2. The summed E-state index contributed by atoms with van der Waals surface area (Å²) < 4.78 is 10.9. The van der Waals surface area contributed by atoms with E-state index in [2.05, 4.69) is 25.6 Å². The molecule has 0 aliphatic heterocycles. The number of aromatic hydroxyl groups is 2. The van der Waals surface area contributed by atoms with Gasteiger partial charge in [0, 0.05) is 17.8 Å². The SMILES string of the molecule is COc1ccc(Nc2nc(NC3CCCCCC3)nc(Oc3cc(O)ccc3O)n2)cc1Cl. The molecule has 1 aromatic heterocycles. The second-order valence-corrected chi connectivity index (χ2v) is 8.23. The lowest BCUT2D eigenvalue weighted by Crippen LogP contribution is -2.20. The Morgan fingerprint density at radius 3 is 2.39 bits per heavy atom. The summed E-state index contributed by atoms with van der Waals surface area (Å²) in [6, 6.07) is 9.40. The Labute approximate surface area is 196 Å². The summed E-state index contributed by atoms with van der Waals surface area (Å²) in [5, 5.41) is 26.7. The lowest BCUT2D eigenvalue weighted by molar-refractivity contribution is 0.386. The molecule has 0 spiro atoms. The van der Waals surface area contributed by atoms with Crippen LogP contribution in [0.25, 0.3) is 0 Å². The van der Waals surface area contributed by atoms with E-state index in [9.17, 15) is 10.2 Å². The van der Waals surface area contributed by atoms with Crippen molar-refractivity contribution >= 4 is 29.2 Å². The highest BCUT2D eigenvalue weighted by atomic mass is 35.5. The zero-order valence-electron chi connectivity index (χ0n) is 18.2. The van der Waals surface area contributed by atoms with Crippen LogP contribution in [0.15, 0.2) is 36.4 Å². The van der Waals surface area contributed by atoms with Crippen molar-refractivity contribution in [2.75, 3.05) is 17.7 Å². The third-order valence-corrected chi connectivity index (χ3v) is 5.65. The number of benzene rings is 2. The molecule has 174 valence electrons. The minimum atomic E-state index is -0.150. The first kappa shape index (κ1) is 22.7. The number of hydrogen-bond donors (Lipinski definition) is 4. The molecular formula is C23H26ClN5O4. The molecule has 1 aliphatic rings. The van der Waals surface area contributed by atoms with Gasteiger partial charge in [-0.2, -0.15) is 15.0 Å². The van der Waals surface area contributed by atoms with Gasteiger partial charge in [0.25, 0.3) is 0 Å². The number of phenols is 2. The average Bonchev–Trinajstić information content (AvgIpc) is 3.05. The maximum absolute atomic E-state index is 10.1. The molecule has 0 amide bonds. The van der Waals surface area contributed by atoms with Gasteiger partial charge in [-0.25, -0.2) is 0 Å². The van der Waals surface area contributed by atoms with Gasteiger partial charge in [-0.05, 0) is 43.2 Å². The van der Waals surface area contributed by atoms with E-state index < -0.39 is 0 Å². The molecule has 1 fully saturated rings. The van der Waals surface area contributed by atoms with Gasteiger partial charge in [0.05, 0.1) is 12.1 Å². The van der Waals surface area contributed by atoms with E-state index in [1.165, 1.54) is 31.0 Å². The average molecular weight is 472 g/mol. The van der Waals surface area contributed by atoms with Crippen LogP contribution in [0.3, 0.4) is 0 Å². The third kappa shape index (κ3) is 6.07. The summed E-state index contributed by atoms with van der Waals surface area (Å²) in [6.07, 6.45) is 6.83. The molecule has 1 heterocycles. The van der Waals surface area contributed by atoms with Crippen molar-refractivity contribution < 1.29 is 19.7 Å². The maximum atomic E-state index is 10.1. The Kier molecular flexibility index (Phi) is 7.19. The molecule has 2 aromatic carbocycles. The van der Waals surface area contributed by atoms with E-state index in [4.69, 9.17) is 21.1 Å². The third-order valence-electron chi connectivity index (χ3n) is 5.36. The van der Waals surface area contributed by atoms with Crippen molar-refractivity contribution in [2.45, 2.75) is 44.6 Å². The van der Waals surface area contributed by atoms with Crippen LogP contribution in [0.2, 0.25) is 5.02 Å². The molecule has 9 nitrogen and oxygen atoms in total. The van der Waals surface area contributed by atoms with Gasteiger partial charge < -0.3 is 30.3 Å². The largest absolute Gasteiger partial charge is 0.508 e. The maximum Gasteiger partial charge on any atom is 0.328 e. The topological polar surface area (TPSA) is 122 Å². The molecule has 0 atom stereocenters. The zero-order valence-corrected chi connectivity index (χ0v) is 19.0. The van der Waals surface area contributed by atoms with Gasteiger partial charge in [-0.1, -0.05) is 37.3 Å². The first-order chi connectivity index (χ1) is 16.0. The lowest BCUT2D eigenvalue weighted by atomic mass is 10.1. The number of hydrogen-bond acceptors (Lipinski definition) is 9. The van der Waals surface area contributed by atoms with Crippen LogP contribution in [0.5, 0.6) is 29.0 Å². The Balaban J connectivity index is 1.63. The van der Waals surface area contributed by atoms with Gasteiger partial charge in [0.1, 0.15) is 11.5 Å². The van der Waals surface area contributed by atoms with E-state index in [0.29, 0.717) is 22.4 Å². The lowest BCUT2D eigenvalue weighted by Gasteiger charge is -2.17. The van der Waals surface area contributed by atoms with Crippen molar-refractivity contribution in [3.8, 4) is 29.0 Å². The van der Waals surface area contributed by atoms with Crippen molar-refractivity contribution in [1.82, 2.24) is 15.0 Å². The molecule has 4 rings (SSSR count). The molecule has 0 saturated heterocycles. The summed E-state index contributed by atoms with van der Waals surface area (Å²) >= 11 is 6.24. The first-order valence-electron chi connectivity index (χ1n) is 10.8. The fraction of sp³-hybridized carbons (Fsp3) is 0.348. The smallest absolute Gasteiger partial charge is 0.328 e. The highest BCUT2D eigenvalue weighted by Crippen LogP contribution is 2.33. The molecule has 0 radical (unpaired) electrons. The minimum Gasteiger partial charge on any atom is -0.508 e. The van der Waals surface area contributed by atoms with Gasteiger partial charge in [0.15, 0.2) is 11.5 Å². The zero-order chi connectivity index (χ0) is 23.2. The van der Waals surface area contributed by atoms with E-state index >= 15 is 0 Å². The number of nitrogens with zero attached hydrogens (tertiary/aromatic N) is 3. The van der Waals surface area contributed by atoms with Crippen LogP contribution in [0, 0.1) is 0 Å². The van der Waals surface area contributed by atoms with Crippen LogP contribution >= 0.6 is 11.6 Å². The Morgan fingerprint density at radius 1 is 0.909 bits per heavy atom. The molecule has 4 N–H and O–H groups in total. The first-order valence-corrected chi connectivity index (χ1v) is 11.2. The van der Waals surface area contributed by atoms with Crippen LogP contribution in [-0.4, -0.2) is 38.3 Å². The normalized spacial score (nSPS) is 14.4. The molecule has 0 bridgehead atoms. The highest BCUT2D eigenvalue weighted by molar-refractivity contribution is 6.32. The predicted octanol–water partition coefficient (Wildman–Crippen LogP) is 5.62. The number of aromatic nitrogens is 3. The molecule has 10 heteroatoms. The predicted molar refractivity (Wildman–Crippen MR) is 126 cm³/mol. The second-order valence-electron chi connectivity index (χ2n) is 7.83. The van der Waals surface area contributed by atoms with Crippen LogP contribution in [0.1, 0.15) is 38.5 Å². The summed E-state index contributed by atoms with van der Waals surface area (Å²) in [6.45, 7) is 0. The van der Waals surface area contributed by atoms with Crippen molar-refractivity contribution in [2.24, 2.45) is 0 Å². The van der Waals surface area contributed by atoms with E-state index in [1.54, 1.807) is 25.3 Å². The summed E-state index contributed by atoms with van der Waals surface area (Å²) in [5.74, 6) is 0.963. The molecule has 3 aromatic rings. The number of ether oxygens (including phenoxy) is 2. The number of nitrogens with one attached hydrogen (secondary N) is 2. The van der Waals surface area contributed by atoms with E-state index in [0.717, 1.165) is 25.7 Å². The van der Waals surface area contributed by atoms with Crippen LogP contribution < -0.4 is 20.1 Å². The molecular weight excluding hydrogens is 446 g/mol. The summed E-state index contributed by atoms with van der Waals surface area (Å²) in [7, 11) is 1.55. The van der Waals surface area contributed by atoms with E-state index in [1.807, 2.05) is 0 Å². The van der Waals surface area contributed by atoms with E-state index in [-0.39, 0.29) is 35.2 Å². The van der Waals surface area contributed by atoms with Crippen molar-refractivity contribution in [3.05, 3.63) is 41.4 Å². The van der Waals surface area contributed by atoms with Crippen molar-refractivity contribution in [3.63, 3.8) is 0 Å². The van der Waals surface area contributed by atoms with Gasteiger partial charge in [-0.15, -0.1) is 0 Å². The van der Waals surface area contributed by atoms with Gasteiger partial charge in [-0.3, -0.25) is 0 Å². The van der Waals surface area contributed by atoms with Gasteiger partial charge in [0.2, 0.25) is 11.9 Å². The number of methoxy groups -OCH3 is 1. The van der Waals surface area contributed by atoms with Crippen LogP contribution in [0.4, 0.5) is 17.6 Å². The number of phenolic OH excluding ortho intramolecular Hbond substituents is 2. The monoisotopic (exact) mass is 471 g/mol. The van der Waals surface area contributed by atoms with Crippen LogP contribution in [-0.2, 0) is 0 Å². The molecule has 33 heavy (non-hydrogen) atoms. The van der Waals surface area contributed by atoms with Crippen molar-refractivity contribution in [1.29, 1.82) is 0 Å². The molecule has 0 unspecified atom stereocenters. The fourth-order valence-electron chi connectivity index (χ4n) is 3.69. The number of halogens is 1. The minimum absolute atomic E-state index is 0.0278. The quantitative estimate of drug-likeness (QED) is 0.257. The molecule has 1 aliphatic carbocycles. The Morgan fingerprint density at radius 2 is 1.67 bits per heavy atom. The molecule has 1 saturated carbocycles. The van der Waals surface area contributed by atoms with Gasteiger partial charge >= 0.3 is 6.01 Å². The Hall–Kier alpha value is -3.46. The summed E-state index contributed by atoms with van der Waals surface area (Å²) in [5.41, 5.74) is 0.651. The number of rotatable bonds is 7. The Bertz CT molecular complexity index is 1110. The fourth-order valence-corrected chi connectivity index (χ4v) is 3.94. The standard InChI is InChI=1S/C23H26ClN5O4/c1-32-19-11-8-15(12-17(19)24)26-22-27-21(25-14-6-4-2-3-5-7-14)28-23(29-22)33-20-13-16(30)9-10-18(20)31/h8-14,30-31H,2-7H2,1H3,(H2,25,26,27,28,29). The highest BCUT2D eigenvalue weighted by Gasteiger charge is 2.17.